The topological polar surface area (TPSA) is 12.0 Å². The van der Waals surface area contributed by atoms with Gasteiger partial charge in [0.1, 0.15) is 11.6 Å². The van der Waals surface area contributed by atoms with E-state index < -0.39 is 11.6 Å². The average Bonchev–Trinajstić information content (AvgIpc) is 2.45. The molecule has 0 spiro atoms. The van der Waals surface area contributed by atoms with Crippen LogP contribution in [0.25, 0.3) is 0 Å². The van der Waals surface area contributed by atoms with Gasteiger partial charge in [0.05, 0.1) is 0 Å². The Labute approximate surface area is 125 Å². The Morgan fingerprint density at radius 3 is 2.33 bits per heavy atom. The van der Waals surface area contributed by atoms with E-state index >= 15 is 0 Å². The molecule has 0 fully saturated rings. The van der Waals surface area contributed by atoms with Crippen molar-refractivity contribution in [3.05, 3.63) is 69.8 Å². The van der Waals surface area contributed by atoms with Gasteiger partial charge in [-0.25, -0.2) is 8.78 Å². The number of hydrogen-bond donors (Lipinski definition) is 1. The van der Waals surface area contributed by atoms with Gasteiger partial charge >= 0.3 is 0 Å². The molecule has 0 amide bonds. The van der Waals surface area contributed by atoms with Gasteiger partial charge in [-0.05, 0) is 57.0 Å². The predicted molar refractivity (Wildman–Crippen MR) is 82.5 cm³/mol. The third-order valence-corrected chi connectivity index (χ3v) is 3.95. The van der Waals surface area contributed by atoms with Crippen LogP contribution in [0.2, 0.25) is 0 Å². The summed E-state index contributed by atoms with van der Waals surface area (Å²) in [6, 6.07) is 8.58. The molecular weight excluding hydrogens is 268 g/mol. The van der Waals surface area contributed by atoms with E-state index in [9.17, 15) is 8.78 Å². The lowest BCUT2D eigenvalue weighted by atomic mass is 9.93. The van der Waals surface area contributed by atoms with Crippen LogP contribution in [0.3, 0.4) is 0 Å². The van der Waals surface area contributed by atoms with Crippen molar-refractivity contribution in [3.63, 3.8) is 0 Å². The van der Waals surface area contributed by atoms with Gasteiger partial charge in [-0.3, -0.25) is 0 Å². The lowest BCUT2D eigenvalue weighted by molar-refractivity contribution is 0.485. The highest BCUT2D eigenvalue weighted by atomic mass is 19.1. The summed E-state index contributed by atoms with van der Waals surface area (Å²) in [7, 11) is 1.73. The Hall–Kier alpha value is -1.74. The molecule has 3 heteroatoms. The molecule has 0 bridgehead atoms. The van der Waals surface area contributed by atoms with Gasteiger partial charge in [-0.15, -0.1) is 0 Å². The first-order valence-corrected chi connectivity index (χ1v) is 7.12. The number of nitrogens with one attached hydrogen (secondary N) is 1. The fourth-order valence-electron chi connectivity index (χ4n) is 2.59. The Balaban J connectivity index is 2.41. The highest BCUT2D eigenvalue weighted by molar-refractivity contribution is 5.35. The molecule has 0 saturated carbocycles. The zero-order valence-corrected chi connectivity index (χ0v) is 12.9. The zero-order valence-electron chi connectivity index (χ0n) is 12.9. The van der Waals surface area contributed by atoms with Crippen molar-refractivity contribution in [3.8, 4) is 0 Å². The Bertz CT molecular complexity index is 650. The molecule has 0 aliphatic heterocycles. The molecule has 1 N–H and O–H groups in total. The summed E-state index contributed by atoms with van der Waals surface area (Å²) in [4.78, 5) is 0. The molecule has 21 heavy (non-hydrogen) atoms. The Morgan fingerprint density at radius 1 is 1.00 bits per heavy atom. The fraction of sp³-hybridized carbons (Fsp3) is 0.333. The van der Waals surface area contributed by atoms with E-state index in [1.54, 1.807) is 14.0 Å². The van der Waals surface area contributed by atoms with E-state index in [0.717, 1.165) is 16.7 Å². The van der Waals surface area contributed by atoms with Crippen LogP contribution in [0, 0.1) is 32.4 Å². The molecule has 2 aromatic rings. The molecule has 0 aliphatic carbocycles. The molecule has 0 heterocycles. The quantitative estimate of drug-likeness (QED) is 0.880. The first-order valence-electron chi connectivity index (χ1n) is 7.12. The lowest BCUT2D eigenvalue weighted by Gasteiger charge is -2.20. The van der Waals surface area contributed by atoms with Crippen molar-refractivity contribution < 1.29 is 8.78 Å². The van der Waals surface area contributed by atoms with Gasteiger partial charge in [-0.2, -0.15) is 0 Å². The number of rotatable bonds is 4. The molecule has 112 valence electrons. The minimum Gasteiger partial charge on any atom is -0.313 e. The maximum Gasteiger partial charge on any atom is 0.133 e. The van der Waals surface area contributed by atoms with Crippen molar-refractivity contribution in [2.75, 3.05) is 7.05 Å². The van der Waals surface area contributed by atoms with E-state index in [2.05, 4.69) is 11.4 Å². The number of halogens is 2. The minimum atomic E-state index is -0.497. The molecule has 2 aromatic carbocycles. The molecule has 1 nitrogen and oxygen atoms in total. The molecule has 0 saturated heterocycles. The Kier molecular flexibility index (Phi) is 4.73. The van der Waals surface area contributed by atoms with Crippen LogP contribution >= 0.6 is 0 Å². The van der Waals surface area contributed by atoms with Gasteiger partial charge in [0.25, 0.3) is 0 Å². The number of likely N-dealkylation sites (N-methyl/N-ethyl adjacent to an activating group) is 1. The van der Waals surface area contributed by atoms with Crippen molar-refractivity contribution in [2.24, 2.45) is 0 Å². The van der Waals surface area contributed by atoms with Crippen molar-refractivity contribution in [2.45, 2.75) is 33.2 Å². The molecule has 2 rings (SSSR count). The van der Waals surface area contributed by atoms with E-state index in [1.807, 2.05) is 26.0 Å². The maximum absolute atomic E-state index is 14.3. The summed E-state index contributed by atoms with van der Waals surface area (Å²) in [5, 5.41) is 3.04. The summed E-state index contributed by atoms with van der Waals surface area (Å²) in [5.41, 5.74) is 3.98. The van der Waals surface area contributed by atoms with Crippen molar-refractivity contribution >= 4 is 0 Å². The van der Waals surface area contributed by atoms with Crippen molar-refractivity contribution in [1.29, 1.82) is 0 Å². The SMILES string of the molecule is CNC(Cc1cc(C)ccc1C)c1c(F)ccc(C)c1F. The molecule has 1 atom stereocenters. The van der Waals surface area contributed by atoms with E-state index in [4.69, 9.17) is 0 Å². The standard InChI is InChI=1S/C18H21F2N/c1-11-5-6-12(2)14(9-11)10-16(21-4)17-15(19)8-7-13(3)18(17)20/h5-9,16,21H,10H2,1-4H3. The van der Waals surface area contributed by atoms with Crippen LogP contribution in [-0.4, -0.2) is 7.05 Å². The highest BCUT2D eigenvalue weighted by Crippen LogP contribution is 2.27. The second-order valence-corrected chi connectivity index (χ2v) is 5.57. The monoisotopic (exact) mass is 289 g/mol. The van der Waals surface area contributed by atoms with Crippen LogP contribution in [0.15, 0.2) is 30.3 Å². The molecule has 0 radical (unpaired) electrons. The second-order valence-electron chi connectivity index (χ2n) is 5.57. The third-order valence-electron chi connectivity index (χ3n) is 3.95. The molecular formula is C18H21F2N. The van der Waals surface area contributed by atoms with E-state index in [-0.39, 0.29) is 11.6 Å². The summed E-state index contributed by atoms with van der Waals surface area (Å²) in [5.74, 6) is -0.956. The fourth-order valence-corrected chi connectivity index (χ4v) is 2.59. The van der Waals surface area contributed by atoms with E-state index in [1.165, 1.54) is 12.1 Å². The van der Waals surface area contributed by atoms with Gasteiger partial charge in [0.2, 0.25) is 0 Å². The minimum absolute atomic E-state index is 0.124. The highest BCUT2D eigenvalue weighted by Gasteiger charge is 2.21. The average molecular weight is 289 g/mol. The lowest BCUT2D eigenvalue weighted by Crippen LogP contribution is -2.22. The maximum atomic E-state index is 14.3. The largest absolute Gasteiger partial charge is 0.313 e. The normalized spacial score (nSPS) is 12.5. The van der Waals surface area contributed by atoms with Gasteiger partial charge in [0, 0.05) is 11.6 Å². The number of aryl methyl sites for hydroxylation is 3. The van der Waals surface area contributed by atoms with Crippen LogP contribution in [0.1, 0.15) is 33.9 Å². The van der Waals surface area contributed by atoms with Gasteiger partial charge in [0.15, 0.2) is 0 Å². The van der Waals surface area contributed by atoms with E-state index in [0.29, 0.717) is 12.0 Å². The molecule has 0 aliphatic rings. The van der Waals surface area contributed by atoms with Crippen LogP contribution in [0.5, 0.6) is 0 Å². The summed E-state index contributed by atoms with van der Waals surface area (Å²) in [6.45, 7) is 5.69. The van der Waals surface area contributed by atoms with Gasteiger partial charge < -0.3 is 5.32 Å². The number of hydrogen-bond acceptors (Lipinski definition) is 1. The first kappa shape index (κ1) is 15.6. The summed E-state index contributed by atoms with van der Waals surface area (Å²) in [6.07, 6.45) is 0.557. The predicted octanol–water partition coefficient (Wildman–Crippen LogP) is 4.39. The number of benzene rings is 2. The van der Waals surface area contributed by atoms with Crippen LogP contribution in [0.4, 0.5) is 8.78 Å². The molecule has 0 aromatic heterocycles. The zero-order chi connectivity index (χ0) is 15.6. The molecule has 1 unspecified atom stereocenters. The third kappa shape index (κ3) is 3.30. The van der Waals surface area contributed by atoms with Crippen LogP contribution in [-0.2, 0) is 6.42 Å². The smallest absolute Gasteiger partial charge is 0.133 e. The Morgan fingerprint density at radius 2 is 1.67 bits per heavy atom. The van der Waals surface area contributed by atoms with Crippen molar-refractivity contribution in [1.82, 2.24) is 5.32 Å². The van der Waals surface area contributed by atoms with Crippen LogP contribution < -0.4 is 5.32 Å². The second kappa shape index (κ2) is 6.35. The first-order chi connectivity index (χ1) is 9.93. The summed E-state index contributed by atoms with van der Waals surface area (Å²) >= 11 is 0. The van der Waals surface area contributed by atoms with Gasteiger partial charge in [-0.1, -0.05) is 29.8 Å². The summed E-state index contributed by atoms with van der Waals surface area (Å²) < 4.78 is 28.4.